The predicted octanol–water partition coefficient (Wildman–Crippen LogP) is 2.70. The van der Waals surface area contributed by atoms with Crippen molar-refractivity contribution in [1.29, 1.82) is 0 Å². The van der Waals surface area contributed by atoms with E-state index < -0.39 is 0 Å². The minimum absolute atomic E-state index is 0.0768. The van der Waals surface area contributed by atoms with Gasteiger partial charge in [-0.1, -0.05) is 20.8 Å². The Hall–Kier alpha value is -1.36. The number of aliphatic hydroxyl groups is 1. The van der Waals surface area contributed by atoms with E-state index in [0.29, 0.717) is 0 Å². The highest BCUT2D eigenvalue weighted by Crippen LogP contribution is 2.26. The van der Waals surface area contributed by atoms with E-state index in [0.717, 1.165) is 48.8 Å². The molecule has 0 amide bonds. The molecule has 5 nitrogen and oxygen atoms in total. The zero-order valence-electron chi connectivity index (χ0n) is 13.4. The first-order valence-electron chi connectivity index (χ1n) is 7.31. The van der Waals surface area contributed by atoms with E-state index in [4.69, 9.17) is 5.11 Å². The van der Waals surface area contributed by atoms with Gasteiger partial charge < -0.3 is 15.7 Å². The summed E-state index contributed by atoms with van der Waals surface area (Å²) in [6.45, 7) is 9.50. The topological polar surface area (TPSA) is 70.1 Å². The van der Waals surface area contributed by atoms with Gasteiger partial charge in [-0.05, 0) is 26.2 Å². The first-order valence-corrected chi connectivity index (χ1v) is 7.31. The van der Waals surface area contributed by atoms with E-state index in [1.807, 2.05) is 14.0 Å². The van der Waals surface area contributed by atoms with Gasteiger partial charge in [0.05, 0.1) is 0 Å². The molecule has 1 aromatic heterocycles. The number of aliphatic hydroxyl groups excluding tert-OH is 1. The third-order valence-electron chi connectivity index (χ3n) is 3.18. The second-order valence-corrected chi connectivity index (χ2v) is 6.08. The molecule has 3 N–H and O–H groups in total. The fourth-order valence-corrected chi connectivity index (χ4v) is 1.89. The minimum Gasteiger partial charge on any atom is -0.396 e. The Morgan fingerprint density at radius 1 is 1.05 bits per heavy atom. The van der Waals surface area contributed by atoms with Crippen LogP contribution >= 0.6 is 0 Å². The summed E-state index contributed by atoms with van der Waals surface area (Å²) in [5, 5.41) is 15.3. The Bertz CT molecular complexity index is 427. The molecule has 0 aromatic carbocycles. The van der Waals surface area contributed by atoms with Crippen LogP contribution in [0.1, 0.15) is 51.4 Å². The number of hydrogen-bond acceptors (Lipinski definition) is 5. The molecule has 0 spiro atoms. The lowest BCUT2D eigenvalue weighted by molar-refractivity contribution is 0.283. The van der Waals surface area contributed by atoms with Crippen molar-refractivity contribution in [2.45, 2.75) is 52.4 Å². The van der Waals surface area contributed by atoms with Gasteiger partial charge >= 0.3 is 0 Å². The highest BCUT2D eigenvalue weighted by Gasteiger charge is 2.20. The maximum Gasteiger partial charge on any atom is 0.138 e. The summed E-state index contributed by atoms with van der Waals surface area (Å²) in [6, 6.07) is 0. The fraction of sp³-hybridized carbons (Fsp3) is 0.733. The highest BCUT2D eigenvalue weighted by atomic mass is 16.2. The molecule has 114 valence electrons. The number of rotatable bonds is 7. The van der Waals surface area contributed by atoms with Gasteiger partial charge in [0.25, 0.3) is 0 Å². The second-order valence-electron chi connectivity index (χ2n) is 6.08. The molecule has 0 radical (unpaired) electrons. The molecule has 20 heavy (non-hydrogen) atoms. The van der Waals surface area contributed by atoms with E-state index in [2.05, 4.69) is 41.4 Å². The summed E-state index contributed by atoms with van der Waals surface area (Å²) < 4.78 is 0. The smallest absolute Gasteiger partial charge is 0.138 e. The van der Waals surface area contributed by atoms with Crippen LogP contribution in [0.3, 0.4) is 0 Å². The zero-order chi connectivity index (χ0) is 15.2. The van der Waals surface area contributed by atoms with Crippen LogP contribution < -0.4 is 10.6 Å². The summed E-state index contributed by atoms with van der Waals surface area (Å²) in [4.78, 5) is 9.24. The Kier molecular flexibility index (Phi) is 6.20. The Morgan fingerprint density at radius 2 is 1.70 bits per heavy atom. The van der Waals surface area contributed by atoms with Crippen molar-refractivity contribution < 1.29 is 5.11 Å². The van der Waals surface area contributed by atoms with Gasteiger partial charge in [-0.2, -0.15) is 0 Å². The molecule has 0 atom stereocenters. The van der Waals surface area contributed by atoms with Gasteiger partial charge in [0.1, 0.15) is 17.5 Å². The van der Waals surface area contributed by atoms with Crippen LogP contribution in [0.25, 0.3) is 0 Å². The molecule has 0 aliphatic carbocycles. The van der Waals surface area contributed by atoms with Crippen LogP contribution in [0, 0.1) is 6.92 Å². The molecule has 1 heterocycles. The molecule has 0 unspecified atom stereocenters. The number of aromatic nitrogens is 2. The molecule has 1 aromatic rings. The van der Waals surface area contributed by atoms with Crippen molar-refractivity contribution in [2.75, 3.05) is 30.8 Å². The zero-order valence-corrected chi connectivity index (χ0v) is 13.4. The number of unbranched alkanes of at least 4 members (excludes halogenated alkanes) is 2. The number of hydrogen-bond donors (Lipinski definition) is 3. The summed E-state index contributed by atoms with van der Waals surface area (Å²) in [5.74, 6) is 2.62. The monoisotopic (exact) mass is 280 g/mol. The lowest BCUT2D eigenvalue weighted by atomic mass is 9.95. The number of nitrogens with zero attached hydrogens (tertiary/aromatic N) is 2. The summed E-state index contributed by atoms with van der Waals surface area (Å²) >= 11 is 0. The lowest BCUT2D eigenvalue weighted by Gasteiger charge is -2.20. The van der Waals surface area contributed by atoms with Crippen molar-refractivity contribution >= 4 is 11.6 Å². The Morgan fingerprint density at radius 3 is 2.25 bits per heavy atom. The first kappa shape index (κ1) is 16.7. The predicted molar refractivity (Wildman–Crippen MR) is 84.4 cm³/mol. The molecule has 0 fully saturated rings. The van der Waals surface area contributed by atoms with E-state index in [-0.39, 0.29) is 12.0 Å². The second kappa shape index (κ2) is 7.43. The Balaban J connectivity index is 2.83. The molecule has 0 saturated carbocycles. The SMILES string of the molecule is CNc1nc(C(C)(C)C)nc(NCCCCCO)c1C. The van der Waals surface area contributed by atoms with Crippen molar-refractivity contribution in [3.8, 4) is 0 Å². The maximum atomic E-state index is 8.77. The molecule has 0 bridgehead atoms. The van der Waals surface area contributed by atoms with Crippen LogP contribution in [-0.2, 0) is 5.41 Å². The Labute approximate surface area is 122 Å². The third kappa shape index (κ3) is 4.63. The van der Waals surface area contributed by atoms with Crippen LogP contribution in [0.2, 0.25) is 0 Å². The highest BCUT2D eigenvalue weighted by molar-refractivity contribution is 5.57. The van der Waals surface area contributed by atoms with Crippen molar-refractivity contribution in [3.63, 3.8) is 0 Å². The van der Waals surface area contributed by atoms with E-state index in [1.54, 1.807) is 0 Å². The molecule has 0 saturated heterocycles. The van der Waals surface area contributed by atoms with Crippen molar-refractivity contribution in [3.05, 3.63) is 11.4 Å². The largest absolute Gasteiger partial charge is 0.396 e. The van der Waals surface area contributed by atoms with Gasteiger partial charge in [0.15, 0.2) is 0 Å². The maximum absolute atomic E-state index is 8.77. The first-order chi connectivity index (χ1) is 9.40. The molecule has 5 heteroatoms. The molecule has 0 aliphatic rings. The molecule has 1 rings (SSSR count). The lowest BCUT2D eigenvalue weighted by Crippen LogP contribution is -2.19. The summed E-state index contributed by atoms with van der Waals surface area (Å²) in [6.07, 6.45) is 2.92. The van der Waals surface area contributed by atoms with Gasteiger partial charge in [-0.25, -0.2) is 9.97 Å². The normalized spacial score (nSPS) is 11.5. The van der Waals surface area contributed by atoms with Crippen LogP contribution in [-0.4, -0.2) is 35.3 Å². The summed E-state index contributed by atoms with van der Waals surface area (Å²) in [5.41, 5.74) is 0.967. The van der Waals surface area contributed by atoms with Crippen LogP contribution in [0.4, 0.5) is 11.6 Å². The number of anilines is 2. The average molecular weight is 280 g/mol. The number of nitrogens with one attached hydrogen (secondary N) is 2. The fourth-order valence-electron chi connectivity index (χ4n) is 1.89. The molecular weight excluding hydrogens is 252 g/mol. The van der Waals surface area contributed by atoms with E-state index in [1.165, 1.54) is 0 Å². The van der Waals surface area contributed by atoms with Gasteiger partial charge in [-0.3, -0.25) is 0 Å². The van der Waals surface area contributed by atoms with Gasteiger partial charge in [-0.15, -0.1) is 0 Å². The van der Waals surface area contributed by atoms with Crippen LogP contribution in [0.5, 0.6) is 0 Å². The molecule has 0 aliphatic heterocycles. The van der Waals surface area contributed by atoms with Crippen LogP contribution in [0.15, 0.2) is 0 Å². The third-order valence-corrected chi connectivity index (χ3v) is 3.18. The van der Waals surface area contributed by atoms with Crippen molar-refractivity contribution in [1.82, 2.24) is 9.97 Å². The van der Waals surface area contributed by atoms with E-state index in [9.17, 15) is 0 Å². The van der Waals surface area contributed by atoms with Gasteiger partial charge in [0.2, 0.25) is 0 Å². The van der Waals surface area contributed by atoms with Gasteiger partial charge in [0, 0.05) is 31.2 Å². The average Bonchev–Trinajstić information content (AvgIpc) is 2.39. The molecular formula is C15H28N4O. The quantitative estimate of drug-likeness (QED) is 0.670. The van der Waals surface area contributed by atoms with Crippen molar-refractivity contribution in [2.24, 2.45) is 0 Å². The minimum atomic E-state index is -0.0768. The van der Waals surface area contributed by atoms with E-state index >= 15 is 0 Å². The summed E-state index contributed by atoms with van der Waals surface area (Å²) in [7, 11) is 1.88. The standard InChI is InChI=1S/C15H28N4O/c1-11-12(16-5)18-14(15(2,3)4)19-13(11)17-9-7-6-8-10-20/h20H,6-10H2,1-5H3,(H2,16,17,18,19).